The Morgan fingerprint density at radius 1 is 1.19 bits per heavy atom. The molecule has 146 valence electrons. The molecular formula is C18H22FN3O4S. The Balaban J connectivity index is 2.37. The third-order valence-corrected chi connectivity index (χ3v) is 5.16. The van der Waals surface area contributed by atoms with Crippen LogP contribution in [-0.4, -0.2) is 37.6 Å². The van der Waals surface area contributed by atoms with E-state index in [4.69, 9.17) is 0 Å². The number of pyridine rings is 1. The van der Waals surface area contributed by atoms with Crippen LogP contribution in [0, 0.1) is 5.82 Å². The Morgan fingerprint density at radius 2 is 1.78 bits per heavy atom. The van der Waals surface area contributed by atoms with Crippen molar-refractivity contribution in [2.75, 3.05) is 22.7 Å². The smallest absolute Gasteiger partial charge is 0.339 e. The van der Waals surface area contributed by atoms with E-state index in [-0.39, 0.29) is 16.1 Å². The van der Waals surface area contributed by atoms with Gasteiger partial charge < -0.3 is 10.0 Å². The van der Waals surface area contributed by atoms with Gasteiger partial charge in [0.1, 0.15) is 17.2 Å². The standard InChI is InChI=1S/C18H22FN3O4S/c1-3-9-22(10-4-2)17-16(18(23)24)11-14(12-20-17)21-27(25,26)15-7-5-13(19)6-8-15/h5-8,11-12,21H,3-4,9-10H2,1-2H3,(H,23,24). The highest BCUT2D eigenvalue weighted by Crippen LogP contribution is 2.24. The first-order valence-corrected chi connectivity index (χ1v) is 10.0. The molecule has 1 aromatic heterocycles. The minimum atomic E-state index is -3.99. The van der Waals surface area contributed by atoms with Crippen LogP contribution in [-0.2, 0) is 10.0 Å². The molecule has 0 saturated heterocycles. The fourth-order valence-corrected chi connectivity index (χ4v) is 3.65. The molecule has 2 N–H and O–H groups in total. The normalized spacial score (nSPS) is 11.2. The van der Waals surface area contributed by atoms with E-state index in [1.165, 1.54) is 12.3 Å². The second-order valence-corrected chi connectivity index (χ2v) is 7.63. The number of sulfonamides is 1. The van der Waals surface area contributed by atoms with Crippen LogP contribution in [0.25, 0.3) is 0 Å². The van der Waals surface area contributed by atoms with Crippen molar-refractivity contribution in [1.82, 2.24) is 4.98 Å². The van der Waals surface area contributed by atoms with Crippen LogP contribution in [0.2, 0.25) is 0 Å². The third-order valence-electron chi connectivity index (χ3n) is 3.76. The van der Waals surface area contributed by atoms with Crippen LogP contribution in [0.15, 0.2) is 41.4 Å². The first-order valence-electron chi connectivity index (χ1n) is 8.55. The van der Waals surface area contributed by atoms with Gasteiger partial charge in [-0.25, -0.2) is 22.6 Å². The summed E-state index contributed by atoms with van der Waals surface area (Å²) in [7, 11) is -3.99. The van der Waals surface area contributed by atoms with E-state index in [9.17, 15) is 22.7 Å². The van der Waals surface area contributed by atoms with E-state index in [2.05, 4.69) is 9.71 Å². The van der Waals surface area contributed by atoms with E-state index in [1.807, 2.05) is 18.7 Å². The van der Waals surface area contributed by atoms with Crippen LogP contribution in [0.1, 0.15) is 37.0 Å². The van der Waals surface area contributed by atoms with Crippen LogP contribution < -0.4 is 9.62 Å². The van der Waals surface area contributed by atoms with Gasteiger partial charge in [0.25, 0.3) is 10.0 Å². The van der Waals surface area contributed by atoms with E-state index < -0.39 is 21.8 Å². The summed E-state index contributed by atoms with van der Waals surface area (Å²) in [6, 6.07) is 5.56. The van der Waals surface area contributed by atoms with Gasteiger partial charge in [-0.1, -0.05) is 13.8 Å². The second kappa shape index (κ2) is 8.81. The van der Waals surface area contributed by atoms with Crippen molar-refractivity contribution in [3.8, 4) is 0 Å². The Kier molecular flexibility index (Phi) is 6.73. The number of anilines is 2. The number of nitrogens with one attached hydrogen (secondary N) is 1. The maximum atomic E-state index is 13.0. The molecule has 0 radical (unpaired) electrons. The maximum Gasteiger partial charge on any atom is 0.339 e. The minimum Gasteiger partial charge on any atom is -0.478 e. The van der Waals surface area contributed by atoms with Gasteiger partial charge in [-0.15, -0.1) is 0 Å². The van der Waals surface area contributed by atoms with Gasteiger partial charge in [0, 0.05) is 13.1 Å². The zero-order chi connectivity index (χ0) is 20.0. The number of hydrogen-bond acceptors (Lipinski definition) is 5. The lowest BCUT2D eigenvalue weighted by Crippen LogP contribution is -2.28. The average molecular weight is 395 g/mol. The van der Waals surface area contributed by atoms with Crippen LogP contribution in [0.4, 0.5) is 15.9 Å². The maximum absolute atomic E-state index is 13.0. The van der Waals surface area contributed by atoms with E-state index in [0.717, 1.165) is 37.1 Å². The lowest BCUT2D eigenvalue weighted by atomic mass is 10.2. The molecule has 0 atom stereocenters. The molecule has 0 unspecified atom stereocenters. The average Bonchev–Trinajstić information content (AvgIpc) is 2.61. The Hall–Kier alpha value is -2.68. The molecule has 0 saturated carbocycles. The molecular weight excluding hydrogens is 373 g/mol. The lowest BCUT2D eigenvalue weighted by molar-refractivity contribution is 0.0697. The zero-order valence-electron chi connectivity index (χ0n) is 15.1. The molecule has 0 aliphatic heterocycles. The first kappa shape index (κ1) is 20.6. The van der Waals surface area contributed by atoms with E-state index in [1.54, 1.807) is 0 Å². The molecule has 9 heteroatoms. The number of benzene rings is 1. The van der Waals surface area contributed by atoms with Gasteiger partial charge >= 0.3 is 5.97 Å². The summed E-state index contributed by atoms with van der Waals surface area (Å²) in [5, 5.41) is 9.54. The molecule has 0 amide bonds. The number of halogens is 1. The van der Waals surface area contributed by atoms with E-state index >= 15 is 0 Å². The highest BCUT2D eigenvalue weighted by atomic mass is 32.2. The van der Waals surface area contributed by atoms with Crippen LogP contribution in [0.3, 0.4) is 0 Å². The van der Waals surface area contributed by atoms with Crippen molar-refractivity contribution in [2.45, 2.75) is 31.6 Å². The van der Waals surface area contributed by atoms with Crippen molar-refractivity contribution in [1.29, 1.82) is 0 Å². The summed E-state index contributed by atoms with van der Waals surface area (Å²) in [6.07, 6.45) is 2.92. The van der Waals surface area contributed by atoms with Gasteiger partial charge in [0.2, 0.25) is 0 Å². The summed E-state index contributed by atoms with van der Waals surface area (Å²) in [6.45, 7) is 5.24. The summed E-state index contributed by atoms with van der Waals surface area (Å²) in [5.41, 5.74) is -0.0652. The fourth-order valence-electron chi connectivity index (χ4n) is 2.61. The van der Waals surface area contributed by atoms with Crippen LogP contribution >= 0.6 is 0 Å². The predicted molar refractivity (Wildman–Crippen MR) is 101 cm³/mol. The number of carboxylic acids is 1. The van der Waals surface area contributed by atoms with Crippen molar-refractivity contribution in [3.63, 3.8) is 0 Å². The quantitative estimate of drug-likeness (QED) is 0.675. The molecule has 0 fully saturated rings. The molecule has 27 heavy (non-hydrogen) atoms. The molecule has 2 rings (SSSR count). The number of rotatable bonds is 9. The largest absolute Gasteiger partial charge is 0.478 e. The molecule has 7 nitrogen and oxygen atoms in total. The Bertz CT molecular complexity index is 895. The molecule has 0 bridgehead atoms. The summed E-state index contributed by atoms with van der Waals surface area (Å²) >= 11 is 0. The fraction of sp³-hybridized carbons (Fsp3) is 0.333. The number of aromatic carboxylic acids is 1. The van der Waals surface area contributed by atoms with Gasteiger partial charge in [-0.3, -0.25) is 4.72 Å². The van der Waals surface area contributed by atoms with Crippen molar-refractivity contribution < 1.29 is 22.7 Å². The van der Waals surface area contributed by atoms with Gasteiger partial charge in [0.05, 0.1) is 16.8 Å². The number of aromatic nitrogens is 1. The van der Waals surface area contributed by atoms with Crippen molar-refractivity contribution >= 4 is 27.5 Å². The SMILES string of the molecule is CCCN(CCC)c1ncc(NS(=O)(=O)c2ccc(F)cc2)cc1C(=O)O. The molecule has 0 spiro atoms. The number of hydrogen-bond donors (Lipinski definition) is 2. The molecule has 1 heterocycles. The number of carboxylic acid groups (broad SMARTS) is 1. The molecule has 1 aromatic carbocycles. The molecule has 0 aliphatic rings. The highest BCUT2D eigenvalue weighted by Gasteiger charge is 2.20. The van der Waals surface area contributed by atoms with Gasteiger partial charge in [0.15, 0.2) is 0 Å². The van der Waals surface area contributed by atoms with Gasteiger partial charge in [-0.05, 0) is 43.2 Å². The molecule has 0 aliphatic carbocycles. The minimum absolute atomic E-state index is 0.0217. The monoisotopic (exact) mass is 395 g/mol. The first-order chi connectivity index (χ1) is 12.8. The highest BCUT2D eigenvalue weighted by molar-refractivity contribution is 7.92. The van der Waals surface area contributed by atoms with Gasteiger partial charge in [-0.2, -0.15) is 0 Å². The van der Waals surface area contributed by atoms with Crippen LogP contribution in [0.5, 0.6) is 0 Å². The Morgan fingerprint density at radius 3 is 2.30 bits per heavy atom. The lowest BCUT2D eigenvalue weighted by Gasteiger charge is -2.24. The van der Waals surface area contributed by atoms with Crippen molar-refractivity contribution in [2.24, 2.45) is 0 Å². The second-order valence-electron chi connectivity index (χ2n) is 5.95. The van der Waals surface area contributed by atoms with Crippen molar-refractivity contribution in [3.05, 3.63) is 47.9 Å². The molecule has 2 aromatic rings. The topological polar surface area (TPSA) is 99.6 Å². The van der Waals surface area contributed by atoms with E-state index in [0.29, 0.717) is 18.9 Å². The summed E-state index contributed by atoms with van der Waals surface area (Å²) in [5.74, 6) is -1.45. The summed E-state index contributed by atoms with van der Waals surface area (Å²) in [4.78, 5) is 17.6. The number of carbonyl (C=O) groups is 1. The summed E-state index contributed by atoms with van der Waals surface area (Å²) < 4.78 is 40.1. The number of nitrogens with zero attached hydrogens (tertiary/aromatic N) is 2. The zero-order valence-corrected chi connectivity index (χ0v) is 16.0. The Labute approximate surface area is 157 Å². The predicted octanol–water partition coefficient (Wildman–Crippen LogP) is 3.35. The third kappa shape index (κ3) is 5.16.